The van der Waals surface area contributed by atoms with Crippen molar-refractivity contribution in [3.05, 3.63) is 65.2 Å². The molecule has 2 atom stereocenters. The number of hydrogen-bond acceptors (Lipinski definition) is 4. The van der Waals surface area contributed by atoms with Crippen LogP contribution in [0.25, 0.3) is 0 Å². The Labute approximate surface area is 148 Å². The summed E-state index contributed by atoms with van der Waals surface area (Å²) in [5.74, 6) is -0.336. The normalized spacial score (nSPS) is 19.4. The largest absolute Gasteiger partial charge is 0.460 e. The van der Waals surface area contributed by atoms with Gasteiger partial charge in [-0.25, -0.2) is 8.42 Å². The van der Waals surface area contributed by atoms with Crippen LogP contribution in [0.5, 0.6) is 0 Å². The minimum absolute atomic E-state index is 0.197. The van der Waals surface area contributed by atoms with Gasteiger partial charge in [-0.05, 0) is 30.2 Å². The van der Waals surface area contributed by atoms with Crippen molar-refractivity contribution in [1.29, 1.82) is 0 Å². The molecule has 0 saturated carbocycles. The van der Waals surface area contributed by atoms with Gasteiger partial charge in [-0.3, -0.25) is 4.79 Å². The van der Waals surface area contributed by atoms with Crippen LogP contribution in [0, 0.1) is 6.92 Å². The average molecular weight is 359 g/mol. The molecule has 1 aliphatic carbocycles. The number of fused-ring (bicyclic) bond motifs is 1. The highest BCUT2D eigenvalue weighted by Crippen LogP contribution is 2.34. The van der Waals surface area contributed by atoms with E-state index in [0.29, 0.717) is 6.42 Å². The van der Waals surface area contributed by atoms with Crippen molar-refractivity contribution in [2.45, 2.75) is 43.7 Å². The number of sulfonamides is 1. The molecule has 0 spiro atoms. The number of ether oxygens (including phenoxy) is 1. The van der Waals surface area contributed by atoms with Crippen LogP contribution in [0.3, 0.4) is 0 Å². The molecular formula is C19H21NO4S. The maximum Gasteiger partial charge on any atom is 0.305 e. The first-order valence-corrected chi connectivity index (χ1v) is 9.75. The highest BCUT2D eigenvalue weighted by atomic mass is 32.2. The minimum Gasteiger partial charge on any atom is -0.460 e. The zero-order chi connectivity index (χ0) is 18.0. The zero-order valence-electron chi connectivity index (χ0n) is 14.2. The van der Waals surface area contributed by atoms with Crippen LogP contribution < -0.4 is 4.72 Å². The lowest BCUT2D eigenvalue weighted by Gasteiger charge is -2.22. The average Bonchev–Trinajstić information content (AvgIpc) is 2.92. The second-order valence-electron chi connectivity index (χ2n) is 6.20. The molecule has 0 saturated heterocycles. The number of esters is 1. The van der Waals surface area contributed by atoms with Gasteiger partial charge in [0.15, 0.2) is 0 Å². The first-order valence-electron chi connectivity index (χ1n) is 8.27. The maximum absolute atomic E-state index is 12.8. The van der Waals surface area contributed by atoms with Crippen molar-refractivity contribution in [1.82, 2.24) is 4.72 Å². The second kappa shape index (κ2) is 6.98. The molecule has 0 fully saturated rings. The Morgan fingerprint density at radius 1 is 1.16 bits per heavy atom. The predicted octanol–water partition coefficient (Wildman–Crippen LogP) is 2.89. The number of nitrogens with one attached hydrogen (secondary N) is 1. The lowest BCUT2D eigenvalue weighted by Crippen LogP contribution is -2.36. The minimum atomic E-state index is -3.72. The number of aryl methyl sites for hydroxylation is 1. The summed E-state index contributed by atoms with van der Waals surface area (Å²) in [6.07, 6.45) is 0.220. The van der Waals surface area contributed by atoms with Gasteiger partial charge in [-0.2, -0.15) is 4.72 Å². The summed E-state index contributed by atoms with van der Waals surface area (Å²) in [5, 5.41) is 0. The molecule has 25 heavy (non-hydrogen) atoms. The SMILES string of the molecule is CCC(=O)O[C@@H]1Cc2ccccc2[C@@H]1NS(=O)(=O)c1ccc(C)cc1. The van der Waals surface area contributed by atoms with E-state index in [4.69, 9.17) is 4.74 Å². The highest BCUT2D eigenvalue weighted by molar-refractivity contribution is 7.89. The van der Waals surface area contributed by atoms with Gasteiger partial charge < -0.3 is 4.74 Å². The predicted molar refractivity (Wildman–Crippen MR) is 94.6 cm³/mol. The summed E-state index contributed by atoms with van der Waals surface area (Å²) in [4.78, 5) is 11.9. The molecule has 0 heterocycles. The molecule has 0 amide bonds. The summed E-state index contributed by atoms with van der Waals surface area (Å²) >= 11 is 0. The molecule has 6 heteroatoms. The van der Waals surface area contributed by atoms with E-state index >= 15 is 0 Å². The smallest absolute Gasteiger partial charge is 0.305 e. The number of benzene rings is 2. The Balaban J connectivity index is 1.91. The van der Waals surface area contributed by atoms with Crippen molar-refractivity contribution < 1.29 is 17.9 Å². The van der Waals surface area contributed by atoms with E-state index in [-0.39, 0.29) is 17.3 Å². The summed E-state index contributed by atoms with van der Waals surface area (Å²) < 4.78 is 33.7. The second-order valence-corrected chi connectivity index (χ2v) is 7.91. The van der Waals surface area contributed by atoms with Crippen molar-refractivity contribution in [2.75, 3.05) is 0 Å². The van der Waals surface area contributed by atoms with Crippen LogP contribution >= 0.6 is 0 Å². The van der Waals surface area contributed by atoms with Gasteiger partial charge in [0.05, 0.1) is 10.9 Å². The molecule has 2 aromatic rings. The third-order valence-corrected chi connectivity index (χ3v) is 5.82. The Hall–Kier alpha value is -2.18. The van der Waals surface area contributed by atoms with Gasteiger partial charge in [-0.15, -0.1) is 0 Å². The lowest BCUT2D eigenvalue weighted by atomic mass is 10.1. The molecule has 5 nitrogen and oxygen atoms in total. The van der Waals surface area contributed by atoms with Crippen LogP contribution in [0.1, 0.15) is 36.1 Å². The fourth-order valence-electron chi connectivity index (χ4n) is 3.01. The van der Waals surface area contributed by atoms with E-state index in [1.165, 1.54) is 0 Å². The number of rotatable bonds is 5. The molecule has 0 aromatic heterocycles. The monoisotopic (exact) mass is 359 g/mol. The van der Waals surface area contributed by atoms with Crippen LogP contribution in [-0.4, -0.2) is 20.5 Å². The standard InChI is InChI=1S/C19H21NO4S/c1-3-18(21)24-17-12-14-6-4-5-7-16(14)19(17)20-25(22,23)15-10-8-13(2)9-11-15/h4-11,17,19-20H,3,12H2,1-2H3/t17-,19+/m1/s1. The van der Waals surface area contributed by atoms with Gasteiger partial charge in [0.25, 0.3) is 0 Å². The lowest BCUT2D eigenvalue weighted by molar-refractivity contribution is -0.149. The summed E-state index contributed by atoms with van der Waals surface area (Å²) in [6.45, 7) is 3.62. The summed E-state index contributed by atoms with van der Waals surface area (Å²) in [6, 6.07) is 13.6. The number of carbonyl (C=O) groups excluding carboxylic acids is 1. The van der Waals surface area contributed by atoms with Crippen LogP contribution in [0.15, 0.2) is 53.4 Å². The Kier molecular flexibility index (Phi) is 4.92. The van der Waals surface area contributed by atoms with Gasteiger partial charge in [0.1, 0.15) is 6.10 Å². The van der Waals surface area contributed by atoms with Gasteiger partial charge in [0.2, 0.25) is 10.0 Å². The fraction of sp³-hybridized carbons (Fsp3) is 0.316. The van der Waals surface area contributed by atoms with Crippen molar-refractivity contribution in [3.8, 4) is 0 Å². The quantitative estimate of drug-likeness (QED) is 0.833. The first-order chi connectivity index (χ1) is 11.9. The van der Waals surface area contributed by atoms with E-state index in [1.54, 1.807) is 31.2 Å². The Morgan fingerprint density at radius 3 is 2.52 bits per heavy atom. The van der Waals surface area contributed by atoms with Crippen molar-refractivity contribution >= 4 is 16.0 Å². The van der Waals surface area contributed by atoms with E-state index in [1.807, 2.05) is 31.2 Å². The molecule has 0 radical (unpaired) electrons. The molecule has 132 valence electrons. The maximum atomic E-state index is 12.8. The third kappa shape index (κ3) is 3.75. The number of hydrogen-bond donors (Lipinski definition) is 1. The van der Waals surface area contributed by atoms with Crippen molar-refractivity contribution in [2.24, 2.45) is 0 Å². The van der Waals surface area contributed by atoms with Crippen LogP contribution in [0.4, 0.5) is 0 Å². The first kappa shape index (κ1) is 17.6. The van der Waals surface area contributed by atoms with Gasteiger partial charge >= 0.3 is 5.97 Å². The van der Waals surface area contributed by atoms with E-state index in [9.17, 15) is 13.2 Å². The summed E-state index contributed by atoms with van der Waals surface area (Å²) in [7, 11) is -3.72. The van der Waals surface area contributed by atoms with Crippen molar-refractivity contribution in [3.63, 3.8) is 0 Å². The molecular weight excluding hydrogens is 338 g/mol. The van der Waals surface area contributed by atoms with Gasteiger partial charge in [-0.1, -0.05) is 48.9 Å². The third-order valence-electron chi connectivity index (χ3n) is 4.37. The molecule has 1 aliphatic rings. The molecule has 3 rings (SSSR count). The molecule has 1 N–H and O–H groups in total. The summed E-state index contributed by atoms with van der Waals surface area (Å²) in [5.41, 5.74) is 2.83. The zero-order valence-corrected chi connectivity index (χ0v) is 15.0. The molecule has 0 bridgehead atoms. The Morgan fingerprint density at radius 2 is 1.84 bits per heavy atom. The molecule has 0 aliphatic heterocycles. The van der Waals surface area contributed by atoms with E-state index < -0.39 is 22.2 Å². The molecule has 0 unspecified atom stereocenters. The number of carbonyl (C=O) groups is 1. The fourth-order valence-corrected chi connectivity index (χ4v) is 4.26. The van der Waals surface area contributed by atoms with E-state index in [0.717, 1.165) is 16.7 Å². The van der Waals surface area contributed by atoms with Crippen LogP contribution in [-0.2, 0) is 26.0 Å². The van der Waals surface area contributed by atoms with E-state index in [2.05, 4.69) is 4.72 Å². The van der Waals surface area contributed by atoms with Crippen LogP contribution in [0.2, 0.25) is 0 Å². The Bertz CT molecular complexity index is 875. The molecule has 2 aromatic carbocycles. The highest BCUT2D eigenvalue weighted by Gasteiger charge is 2.37. The topological polar surface area (TPSA) is 72.5 Å². The van der Waals surface area contributed by atoms with Gasteiger partial charge in [0, 0.05) is 12.8 Å².